The molecule has 3 atom stereocenters. The van der Waals surface area contributed by atoms with E-state index in [1.807, 2.05) is 30.3 Å². The van der Waals surface area contributed by atoms with E-state index in [-0.39, 0.29) is 11.8 Å². The molecular weight excluding hydrogens is 374 g/mol. The third-order valence-electron chi connectivity index (χ3n) is 6.11. The Morgan fingerprint density at radius 1 is 1.20 bits per heavy atom. The second kappa shape index (κ2) is 8.86. The number of hydrogen-bond donors (Lipinski definition) is 3. The maximum atomic E-state index is 12.0. The predicted octanol–water partition coefficient (Wildman–Crippen LogP) is 5.36. The van der Waals surface area contributed by atoms with Crippen LogP contribution in [0.15, 0.2) is 48.7 Å². The van der Waals surface area contributed by atoms with E-state index in [0.29, 0.717) is 23.8 Å². The molecule has 2 fully saturated rings. The summed E-state index contributed by atoms with van der Waals surface area (Å²) in [5.41, 5.74) is 2.98. The maximum absolute atomic E-state index is 12.0. The Bertz CT molecular complexity index is 923. The lowest BCUT2D eigenvalue weighted by Crippen LogP contribution is -2.39. The van der Waals surface area contributed by atoms with Gasteiger partial charge in [0.15, 0.2) is 0 Å². The molecule has 2 saturated carbocycles. The van der Waals surface area contributed by atoms with E-state index in [1.54, 1.807) is 6.20 Å². The molecule has 30 heavy (non-hydrogen) atoms. The number of nitrogens with one attached hydrogen (secondary N) is 3. The van der Waals surface area contributed by atoms with E-state index in [4.69, 9.17) is 0 Å². The molecule has 0 spiro atoms. The molecule has 1 aromatic carbocycles. The molecule has 0 aliphatic heterocycles. The lowest BCUT2D eigenvalue weighted by atomic mass is 9.74. The molecule has 3 unspecified atom stereocenters. The van der Waals surface area contributed by atoms with E-state index < -0.39 is 0 Å². The first-order chi connectivity index (χ1) is 14.5. The highest BCUT2D eigenvalue weighted by Crippen LogP contribution is 2.36. The monoisotopic (exact) mass is 405 g/mol. The first-order valence-corrected chi connectivity index (χ1v) is 11.0. The van der Waals surface area contributed by atoms with Gasteiger partial charge in [-0.2, -0.15) is 4.98 Å². The summed E-state index contributed by atoms with van der Waals surface area (Å²) < 4.78 is 0. The van der Waals surface area contributed by atoms with E-state index in [2.05, 4.69) is 46.3 Å². The van der Waals surface area contributed by atoms with Gasteiger partial charge in [0.05, 0.1) is 0 Å². The van der Waals surface area contributed by atoms with E-state index in [9.17, 15) is 4.79 Å². The van der Waals surface area contributed by atoms with Crippen LogP contribution < -0.4 is 16.0 Å². The minimum atomic E-state index is 0.101. The lowest BCUT2D eigenvalue weighted by Gasteiger charge is -2.38. The summed E-state index contributed by atoms with van der Waals surface area (Å²) in [4.78, 5) is 21.0. The fraction of sp³-hybridized carbons (Fsp3) is 0.458. The van der Waals surface area contributed by atoms with Crippen molar-refractivity contribution in [1.82, 2.24) is 9.97 Å². The second-order valence-corrected chi connectivity index (χ2v) is 8.71. The van der Waals surface area contributed by atoms with Gasteiger partial charge in [0.25, 0.3) is 0 Å². The van der Waals surface area contributed by atoms with Gasteiger partial charge in [0, 0.05) is 29.5 Å². The summed E-state index contributed by atoms with van der Waals surface area (Å²) in [6.07, 6.45) is 7.01. The van der Waals surface area contributed by atoms with E-state index in [1.165, 1.54) is 5.57 Å². The number of rotatable bonds is 7. The van der Waals surface area contributed by atoms with Crippen molar-refractivity contribution in [2.75, 3.05) is 16.0 Å². The van der Waals surface area contributed by atoms with Gasteiger partial charge >= 0.3 is 0 Å². The highest BCUT2D eigenvalue weighted by atomic mass is 16.2. The quantitative estimate of drug-likeness (QED) is 0.540. The Balaban J connectivity index is 1.43. The molecule has 6 nitrogen and oxygen atoms in total. The number of nitrogens with zero attached hydrogens (tertiary/aromatic N) is 2. The molecule has 0 radical (unpaired) electrons. The molecule has 2 aliphatic rings. The predicted molar refractivity (Wildman–Crippen MR) is 122 cm³/mol. The van der Waals surface area contributed by atoms with Gasteiger partial charge in [0.2, 0.25) is 11.9 Å². The number of amides is 1. The van der Waals surface area contributed by atoms with Crippen LogP contribution in [-0.4, -0.2) is 21.9 Å². The molecule has 0 saturated heterocycles. The van der Waals surface area contributed by atoms with Gasteiger partial charge in [0.1, 0.15) is 5.82 Å². The number of allylic oxidation sites excluding steroid dienone is 1. The van der Waals surface area contributed by atoms with Crippen molar-refractivity contribution < 1.29 is 4.79 Å². The molecule has 2 aromatic rings. The average molecular weight is 406 g/mol. The molecule has 3 N–H and O–H groups in total. The summed E-state index contributed by atoms with van der Waals surface area (Å²) in [6, 6.07) is 9.96. The van der Waals surface area contributed by atoms with Crippen molar-refractivity contribution in [3.63, 3.8) is 0 Å². The first-order valence-electron chi connectivity index (χ1n) is 11.0. The molecule has 0 bridgehead atoms. The number of carbonyl (C=O) groups excluding carboxylic acids is 1. The third-order valence-corrected chi connectivity index (χ3v) is 6.11. The summed E-state index contributed by atoms with van der Waals surface area (Å²) in [7, 11) is 0. The number of benzene rings is 1. The summed E-state index contributed by atoms with van der Waals surface area (Å²) in [5, 5.41) is 9.88. The molecule has 1 heterocycles. The molecule has 2 aliphatic carbocycles. The fourth-order valence-electron chi connectivity index (χ4n) is 4.35. The summed E-state index contributed by atoms with van der Waals surface area (Å²) in [6.45, 7) is 8.74. The number of hydrogen-bond acceptors (Lipinski definition) is 5. The normalized spacial score (nSPS) is 23.7. The van der Waals surface area contributed by atoms with Gasteiger partial charge in [-0.25, -0.2) is 4.98 Å². The Morgan fingerprint density at radius 3 is 2.77 bits per heavy atom. The second-order valence-electron chi connectivity index (χ2n) is 8.71. The van der Waals surface area contributed by atoms with Crippen molar-refractivity contribution >= 4 is 29.0 Å². The zero-order valence-electron chi connectivity index (χ0n) is 17.8. The standard InChI is InChI=1S/C24H31N5O/c1-4-17-13-15(2)12-16(3)22(17)28-21-10-11-25-24(29-21)27-20-7-5-6-19(14-20)26-23(30)18-8-9-18/h5-7,10-11,14,16-18,22H,2,4,8-9,12-13H2,1,3H3,(H,26,30)(H2,25,27,28,29). The summed E-state index contributed by atoms with van der Waals surface area (Å²) in [5.74, 6) is 2.73. The van der Waals surface area contributed by atoms with Gasteiger partial charge in [-0.05, 0) is 61.8 Å². The first kappa shape index (κ1) is 20.4. The number of aromatic nitrogens is 2. The average Bonchev–Trinajstić information content (AvgIpc) is 3.56. The number of anilines is 4. The largest absolute Gasteiger partial charge is 0.367 e. The maximum Gasteiger partial charge on any atom is 0.229 e. The smallest absolute Gasteiger partial charge is 0.229 e. The zero-order valence-corrected chi connectivity index (χ0v) is 17.8. The zero-order chi connectivity index (χ0) is 21.1. The van der Waals surface area contributed by atoms with Crippen LogP contribution in [0.4, 0.5) is 23.1 Å². The van der Waals surface area contributed by atoms with Crippen molar-refractivity contribution in [1.29, 1.82) is 0 Å². The Morgan fingerprint density at radius 2 is 2.00 bits per heavy atom. The number of carbonyl (C=O) groups is 1. The minimum absolute atomic E-state index is 0.101. The summed E-state index contributed by atoms with van der Waals surface area (Å²) >= 11 is 0. The van der Waals surface area contributed by atoms with Crippen LogP contribution >= 0.6 is 0 Å². The van der Waals surface area contributed by atoms with Crippen molar-refractivity contribution in [3.05, 3.63) is 48.7 Å². The molecule has 1 amide bonds. The molecule has 1 aromatic heterocycles. The molecule has 4 rings (SSSR count). The van der Waals surface area contributed by atoms with Crippen LogP contribution in [0.5, 0.6) is 0 Å². The minimum Gasteiger partial charge on any atom is -0.367 e. The third kappa shape index (κ3) is 4.99. The van der Waals surface area contributed by atoms with E-state index in [0.717, 1.165) is 49.3 Å². The van der Waals surface area contributed by atoms with Gasteiger partial charge < -0.3 is 16.0 Å². The van der Waals surface area contributed by atoms with Crippen molar-refractivity contribution in [2.24, 2.45) is 17.8 Å². The van der Waals surface area contributed by atoms with Crippen LogP contribution in [0.3, 0.4) is 0 Å². The van der Waals surface area contributed by atoms with Crippen LogP contribution in [0.25, 0.3) is 0 Å². The van der Waals surface area contributed by atoms with Crippen LogP contribution in [0, 0.1) is 17.8 Å². The lowest BCUT2D eigenvalue weighted by molar-refractivity contribution is -0.117. The van der Waals surface area contributed by atoms with Gasteiger partial charge in [-0.15, -0.1) is 0 Å². The molecular formula is C24H31N5O. The highest BCUT2D eigenvalue weighted by Gasteiger charge is 2.31. The Hall–Kier alpha value is -2.89. The van der Waals surface area contributed by atoms with Crippen molar-refractivity contribution in [3.8, 4) is 0 Å². The fourth-order valence-corrected chi connectivity index (χ4v) is 4.35. The molecule has 6 heteroatoms. The highest BCUT2D eigenvalue weighted by molar-refractivity contribution is 5.94. The Kier molecular flexibility index (Phi) is 6.02. The van der Waals surface area contributed by atoms with Gasteiger partial charge in [-0.3, -0.25) is 4.79 Å². The topological polar surface area (TPSA) is 78.9 Å². The van der Waals surface area contributed by atoms with Gasteiger partial charge in [-0.1, -0.05) is 38.5 Å². The SMILES string of the molecule is C=C1CC(C)C(Nc2ccnc(Nc3cccc(NC(=O)C4CC4)c3)n2)C(CC)C1. The Labute approximate surface area is 178 Å². The molecule has 158 valence electrons. The van der Waals surface area contributed by atoms with Crippen molar-refractivity contribution in [2.45, 2.75) is 52.0 Å². The van der Waals surface area contributed by atoms with Crippen LogP contribution in [0.2, 0.25) is 0 Å². The van der Waals surface area contributed by atoms with Crippen LogP contribution in [-0.2, 0) is 4.79 Å². The van der Waals surface area contributed by atoms with Crippen LogP contribution in [0.1, 0.15) is 46.0 Å². The van der Waals surface area contributed by atoms with E-state index >= 15 is 0 Å².